The van der Waals surface area contributed by atoms with Gasteiger partial charge in [0.25, 0.3) is 0 Å². The number of para-hydroxylation sites is 1. The zero-order chi connectivity index (χ0) is 13.8. The van der Waals surface area contributed by atoms with E-state index in [9.17, 15) is 14.5 Å². The van der Waals surface area contributed by atoms with Crippen molar-refractivity contribution in [1.82, 2.24) is 0 Å². The van der Waals surface area contributed by atoms with Crippen LogP contribution in [0.2, 0.25) is 0 Å². The van der Waals surface area contributed by atoms with E-state index in [1.807, 2.05) is 0 Å². The molecule has 1 aromatic rings. The van der Waals surface area contributed by atoms with Gasteiger partial charge >= 0.3 is 5.69 Å². The Kier molecular flexibility index (Phi) is 4.35. The molecule has 0 bridgehead atoms. The van der Waals surface area contributed by atoms with Crippen LogP contribution >= 0.6 is 0 Å². The fourth-order valence-electron chi connectivity index (χ4n) is 2.78. The Bertz CT molecular complexity index is 465. The molecule has 0 aromatic heterocycles. The SMILES string of the molecule is CC1CCCCC1CNc1cccc(F)c1[N+](=O)[O-]. The predicted octanol–water partition coefficient (Wildman–Crippen LogP) is 3.97. The van der Waals surface area contributed by atoms with Crippen molar-refractivity contribution in [1.29, 1.82) is 0 Å². The molecule has 1 aromatic carbocycles. The van der Waals surface area contributed by atoms with Crippen LogP contribution in [-0.2, 0) is 0 Å². The van der Waals surface area contributed by atoms with Gasteiger partial charge in [-0.3, -0.25) is 10.1 Å². The summed E-state index contributed by atoms with van der Waals surface area (Å²) in [5, 5.41) is 13.9. The van der Waals surface area contributed by atoms with Crippen LogP contribution in [0.15, 0.2) is 18.2 Å². The minimum atomic E-state index is -0.785. The second-order valence-corrected chi connectivity index (χ2v) is 5.30. The Labute approximate surface area is 112 Å². The van der Waals surface area contributed by atoms with Gasteiger partial charge in [0.2, 0.25) is 5.82 Å². The standard InChI is InChI=1S/C14H19FN2O2/c1-10-5-2-3-6-11(10)9-16-13-8-4-7-12(15)14(13)17(18)19/h4,7-8,10-11,16H,2-3,5-6,9H2,1H3. The van der Waals surface area contributed by atoms with Crippen molar-refractivity contribution in [3.8, 4) is 0 Å². The molecule has 0 aliphatic heterocycles. The fraction of sp³-hybridized carbons (Fsp3) is 0.571. The number of halogens is 1. The second kappa shape index (κ2) is 5.99. The molecule has 1 fully saturated rings. The molecule has 2 unspecified atom stereocenters. The zero-order valence-corrected chi connectivity index (χ0v) is 11.1. The number of hydrogen-bond donors (Lipinski definition) is 1. The molecule has 0 amide bonds. The van der Waals surface area contributed by atoms with Gasteiger partial charge in [-0.25, -0.2) is 0 Å². The second-order valence-electron chi connectivity index (χ2n) is 5.30. The van der Waals surface area contributed by atoms with Crippen LogP contribution in [-0.4, -0.2) is 11.5 Å². The number of nitro benzene ring substituents is 1. The Morgan fingerprint density at radius 1 is 1.42 bits per heavy atom. The smallest absolute Gasteiger partial charge is 0.327 e. The van der Waals surface area contributed by atoms with Crippen LogP contribution in [0.5, 0.6) is 0 Å². The summed E-state index contributed by atoms with van der Waals surface area (Å²) in [5.74, 6) is 0.345. The van der Waals surface area contributed by atoms with Gasteiger partial charge in [0.15, 0.2) is 0 Å². The lowest BCUT2D eigenvalue weighted by Gasteiger charge is -2.29. The lowest BCUT2D eigenvalue weighted by atomic mass is 9.80. The van der Waals surface area contributed by atoms with Crippen LogP contribution in [0.4, 0.5) is 15.8 Å². The molecule has 2 rings (SSSR count). The third kappa shape index (κ3) is 3.22. The highest BCUT2D eigenvalue weighted by molar-refractivity contribution is 5.61. The third-order valence-electron chi connectivity index (χ3n) is 4.01. The summed E-state index contributed by atoms with van der Waals surface area (Å²) in [5.41, 5.74) is -0.172. The number of nitrogens with one attached hydrogen (secondary N) is 1. The van der Waals surface area contributed by atoms with E-state index < -0.39 is 16.4 Å². The van der Waals surface area contributed by atoms with Gasteiger partial charge in [0.1, 0.15) is 5.69 Å². The zero-order valence-electron chi connectivity index (χ0n) is 11.1. The van der Waals surface area contributed by atoms with E-state index in [0.717, 1.165) is 12.5 Å². The highest BCUT2D eigenvalue weighted by Gasteiger charge is 2.24. The molecule has 0 heterocycles. The van der Waals surface area contributed by atoms with Crippen LogP contribution in [0.1, 0.15) is 32.6 Å². The van der Waals surface area contributed by atoms with E-state index in [2.05, 4.69) is 12.2 Å². The molecule has 0 radical (unpaired) electrons. The maximum atomic E-state index is 13.5. The topological polar surface area (TPSA) is 55.2 Å². The van der Waals surface area contributed by atoms with Gasteiger partial charge in [-0.05, 0) is 30.4 Å². The fourth-order valence-corrected chi connectivity index (χ4v) is 2.78. The lowest BCUT2D eigenvalue weighted by Crippen LogP contribution is -2.24. The van der Waals surface area contributed by atoms with Gasteiger partial charge < -0.3 is 5.32 Å². The van der Waals surface area contributed by atoms with Crippen LogP contribution < -0.4 is 5.32 Å². The highest BCUT2D eigenvalue weighted by Crippen LogP contribution is 2.32. The molecule has 19 heavy (non-hydrogen) atoms. The quantitative estimate of drug-likeness (QED) is 0.662. The van der Waals surface area contributed by atoms with Gasteiger partial charge in [-0.2, -0.15) is 4.39 Å². The van der Waals surface area contributed by atoms with Gasteiger partial charge in [-0.15, -0.1) is 0 Å². The largest absolute Gasteiger partial charge is 0.379 e. The number of hydrogen-bond acceptors (Lipinski definition) is 3. The van der Waals surface area contributed by atoms with Crippen LogP contribution in [0.25, 0.3) is 0 Å². The summed E-state index contributed by atoms with van der Waals surface area (Å²) >= 11 is 0. The van der Waals surface area contributed by atoms with E-state index in [1.165, 1.54) is 25.3 Å². The first-order valence-electron chi connectivity index (χ1n) is 6.76. The summed E-state index contributed by atoms with van der Waals surface area (Å²) in [7, 11) is 0. The molecule has 1 aliphatic carbocycles. The summed E-state index contributed by atoms with van der Waals surface area (Å²) < 4.78 is 13.5. The van der Waals surface area contributed by atoms with Crippen molar-refractivity contribution >= 4 is 11.4 Å². The molecule has 0 spiro atoms. The average Bonchev–Trinajstić information content (AvgIpc) is 2.37. The predicted molar refractivity (Wildman–Crippen MR) is 72.7 cm³/mol. The molecule has 0 saturated heterocycles. The molecular weight excluding hydrogens is 247 g/mol. The molecular formula is C14H19FN2O2. The Morgan fingerprint density at radius 3 is 2.84 bits per heavy atom. The number of nitro groups is 1. The van der Waals surface area contributed by atoms with Crippen molar-refractivity contribution in [3.05, 3.63) is 34.1 Å². The first-order chi connectivity index (χ1) is 9.09. The van der Waals surface area contributed by atoms with Gasteiger partial charge in [0, 0.05) is 6.54 Å². The summed E-state index contributed by atoms with van der Waals surface area (Å²) in [6, 6.07) is 4.18. The van der Waals surface area contributed by atoms with E-state index in [1.54, 1.807) is 6.07 Å². The Balaban J connectivity index is 2.07. The minimum Gasteiger partial charge on any atom is -0.379 e. The van der Waals surface area contributed by atoms with Crippen molar-refractivity contribution in [2.75, 3.05) is 11.9 Å². The monoisotopic (exact) mass is 266 g/mol. The van der Waals surface area contributed by atoms with E-state index in [0.29, 0.717) is 18.4 Å². The molecule has 1 N–H and O–H groups in total. The maximum Gasteiger partial charge on any atom is 0.327 e. The number of anilines is 1. The van der Waals surface area contributed by atoms with E-state index >= 15 is 0 Å². The lowest BCUT2D eigenvalue weighted by molar-refractivity contribution is -0.386. The maximum absolute atomic E-state index is 13.5. The summed E-state index contributed by atoms with van der Waals surface area (Å²) in [6.07, 6.45) is 4.81. The first-order valence-corrected chi connectivity index (χ1v) is 6.76. The molecule has 4 nitrogen and oxygen atoms in total. The van der Waals surface area contributed by atoms with Gasteiger partial charge in [0.05, 0.1) is 4.92 Å². The van der Waals surface area contributed by atoms with Crippen molar-refractivity contribution in [2.24, 2.45) is 11.8 Å². The van der Waals surface area contributed by atoms with Crippen molar-refractivity contribution in [2.45, 2.75) is 32.6 Å². The van der Waals surface area contributed by atoms with Crippen molar-refractivity contribution in [3.63, 3.8) is 0 Å². The molecule has 5 heteroatoms. The van der Waals surface area contributed by atoms with Crippen molar-refractivity contribution < 1.29 is 9.31 Å². The van der Waals surface area contributed by atoms with E-state index in [-0.39, 0.29) is 5.69 Å². The number of nitrogens with zero attached hydrogens (tertiary/aromatic N) is 1. The number of benzene rings is 1. The molecule has 1 saturated carbocycles. The minimum absolute atomic E-state index is 0.280. The summed E-state index contributed by atoms with van der Waals surface area (Å²) in [6.45, 7) is 2.89. The number of rotatable bonds is 4. The highest BCUT2D eigenvalue weighted by atomic mass is 19.1. The van der Waals surface area contributed by atoms with E-state index in [4.69, 9.17) is 0 Å². The molecule has 2 atom stereocenters. The van der Waals surface area contributed by atoms with Gasteiger partial charge in [-0.1, -0.05) is 32.3 Å². The molecule has 1 aliphatic rings. The Morgan fingerprint density at radius 2 is 2.16 bits per heavy atom. The Hall–Kier alpha value is -1.65. The third-order valence-corrected chi connectivity index (χ3v) is 4.01. The summed E-state index contributed by atoms with van der Waals surface area (Å²) in [4.78, 5) is 10.2. The van der Waals surface area contributed by atoms with Crippen LogP contribution in [0.3, 0.4) is 0 Å². The average molecular weight is 266 g/mol. The van der Waals surface area contributed by atoms with Crippen LogP contribution in [0, 0.1) is 27.8 Å². The first kappa shape index (κ1) is 13.8. The molecule has 104 valence electrons. The normalized spacial score (nSPS) is 23.1.